The first-order valence-electron chi connectivity index (χ1n) is 9.34. The van der Waals surface area contributed by atoms with Crippen molar-refractivity contribution in [2.24, 2.45) is 7.05 Å². The second-order valence-electron chi connectivity index (χ2n) is 6.76. The molecule has 0 aliphatic carbocycles. The smallest absolute Gasteiger partial charge is 0.295 e. The van der Waals surface area contributed by atoms with E-state index in [0.29, 0.717) is 17.9 Å². The van der Waals surface area contributed by atoms with Crippen LogP contribution in [0.2, 0.25) is 0 Å². The van der Waals surface area contributed by atoms with Crippen LogP contribution < -0.4 is 10.3 Å². The molecular weight excluding hydrogens is 394 g/mol. The lowest BCUT2D eigenvalue weighted by Gasteiger charge is -2.09. The average Bonchev–Trinajstić information content (AvgIpc) is 3.32. The van der Waals surface area contributed by atoms with Crippen molar-refractivity contribution in [1.82, 2.24) is 28.9 Å². The van der Waals surface area contributed by atoms with Gasteiger partial charge < -0.3 is 9.30 Å². The van der Waals surface area contributed by atoms with Gasteiger partial charge in [0.25, 0.3) is 12.0 Å². The fourth-order valence-corrected chi connectivity index (χ4v) is 3.46. The van der Waals surface area contributed by atoms with Crippen molar-refractivity contribution in [3.05, 3.63) is 58.4 Å². The van der Waals surface area contributed by atoms with E-state index in [9.17, 15) is 13.6 Å². The fourth-order valence-electron chi connectivity index (χ4n) is 3.46. The first-order chi connectivity index (χ1) is 14.4. The summed E-state index contributed by atoms with van der Waals surface area (Å²) in [5, 5.41) is 4.36. The first kappa shape index (κ1) is 19.7. The van der Waals surface area contributed by atoms with E-state index in [1.165, 1.54) is 0 Å². The molecule has 1 aromatic carbocycles. The van der Waals surface area contributed by atoms with Crippen molar-refractivity contribution in [2.75, 3.05) is 7.11 Å². The average molecular weight is 414 g/mol. The van der Waals surface area contributed by atoms with E-state index in [2.05, 4.69) is 15.1 Å². The Bertz CT molecular complexity index is 1270. The molecule has 3 aromatic heterocycles. The van der Waals surface area contributed by atoms with Gasteiger partial charge in [-0.05, 0) is 24.6 Å². The molecule has 8 nitrogen and oxygen atoms in total. The van der Waals surface area contributed by atoms with Gasteiger partial charge in [0.1, 0.15) is 11.6 Å². The van der Waals surface area contributed by atoms with E-state index in [-0.39, 0.29) is 17.7 Å². The van der Waals surface area contributed by atoms with E-state index >= 15 is 0 Å². The molecule has 0 aliphatic rings. The molecule has 0 fully saturated rings. The van der Waals surface area contributed by atoms with Gasteiger partial charge in [-0.1, -0.05) is 12.1 Å². The summed E-state index contributed by atoms with van der Waals surface area (Å²) in [6, 6.07) is 7.64. The van der Waals surface area contributed by atoms with Gasteiger partial charge in [0.05, 0.1) is 25.4 Å². The number of hydrogen-bond acceptors (Lipinski definition) is 5. The Balaban J connectivity index is 1.74. The summed E-state index contributed by atoms with van der Waals surface area (Å²) >= 11 is 0. The largest absolute Gasteiger partial charge is 0.497 e. The second-order valence-corrected chi connectivity index (χ2v) is 6.76. The molecule has 0 spiro atoms. The lowest BCUT2D eigenvalue weighted by atomic mass is 10.2. The quantitative estimate of drug-likeness (QED) is 0.485. The fraction of sp³-hybridized carbons (Fsp3) is 0.300. The third kappa shape index (κ3) is 3.34. The maximum atomic E-state index is 13.3. The minimum absolute atomic E-state index is 0.00181. The van der Waals surface area contributed by atoms with Crippen LogP contribution in [0.15, 0.2) is 41.5 Å². The summed E-state index contributed by atoms with van der Waals surface area (Å²) in [6.45, 7) is 2.23. The zero-order valence-electron chi connectivity index (χ0n) is 16.7. The van der Waals surface area contributed by atoms with E-state index in [1.807, 2.05) is 24.3 Å². The Morgan fingerprint density at radius 3 is 2.73 bits per heavy atom. The molecule has 10 heteroatoms. The van der Waals surface area contributed by atoms with Crippen LogP contribution in [0.3, 0.4) is 0 Å². The summed E-state index contributed by atoms with van der Waals surface area (Å²) < 4.78 is 36.2. The summed E-state index contributed by atoms with van der Waals surface area (Å²) in [7, 11) is 3.27. The molecular formula is C20H20F2N6O2. The number of ether oxygens (including phenoxy) is 1. The van der Waals surface area contributed by atoms with Crippen molar-refractivity contribution >= 4 is 11.2 Å². The number of nitrogens with zero attached hydrogens (tertiary/aromatic N) is 6. The molecule has 4 rings (SSSR count). The Hall–Kier alpha value is -3.56. The molecule has 0 saturated carbocycles. The number of halogens is 2. The summed E-state index contributed by atoms with van der Waals surface area (Å²) in [4.78, 5) is 21.0. The Morgan fingerprint density at radius 2 is 2.03 bits per heavy atom. The highest BCUT2D eigenvalue weighted by Crippen LogP contribution is 2.23. The SMILES string of the molecule is CCn1c(C(F)F)nc2nc(-c3cnn(Cc4cccc(OC)c4)c3)n(C)c2c1=O. The zero-order chi connectivity index (χ0) is 21.4. The predicted molar refractivity (Wildman–Crippen MR) is 107 cm³/mol. The number of methoxy groups -OCH3 is 1. The normalized spacial score (nSPS) is 11.5. The van der Waals surface area contributed by atoms with E-state index in [1.54, 1.807) is 42.7 Å². The molecule has 0 aliphatic heterocycles. The predicted octanol–water partition coefficient (Wildman–Crippen LogP) is 3.01. The van der Waals surface area contributed by atoms with Crippen LogP contribution >= 0.6 is 0 Å². The van der Waals surface area contributed by atoms with Gasteiger partial charge in [-0.2, -0.15) is 5.10 Å². The molecule has 30 heavy (non-hydrogen) atoms. The van der Waals surface area contributed by atoms with Gasteiger partial charge in [-0.15, -0.1) is 0 Å². The van der Waals surface area contributed by atoms with Gasteiger partial charge >= 0.3 is 0 Å². The van der Waals surface area contributed by atoms with Crippen molar-refractivity contribution in [2.45, 2.75) is 26.4 Å². The lowest BCUT2D eigenvalue weighted by Crippen LogP contribution is -2.26. The molecule has 0 saturated heterocycles. The number of alkyl halides is 2. The van der Waals surface area contributed by atoms with Crippen LogP contribution in [0, 0.1) is 0 Å². The molecule has 0 bridgehead atoms. The van der Waals surface area contributed by atoms with E-state index in [0.717, 1.165) is 15.9 Å². The first-order valence-corrected chi connectivity index (χ1v) is 9.34. The minimum Gasteiger partial charge on any atom is -0.497 e. The number of rotatable bonds is 6. The van der Waals surface area contributed by atoms with Gasteiger partial charge in [0.15, 0.2) is 17.0 Å². The third-order valence-corrected chi connectivity index (χ3v) is 4.90. The monoisotopic (exact) mass is 414 g/mol. The van der Waals surface area contributed by atoms with Crippen molar-refractivity contribution in [3.63, 3.8) is 0 Å². The van der Waals surface area contributed by atoms with E-state index < -0.39 is 17.8 Å². The van der Waals surface area contributed by atoms with Crippen LogP contribution in [0.5, 0.6) is 5.75 Å². The third-order valence-electron chi connectivity index (χ3n) is 4.90. The maximum absolute atomic E-state index is 13.3. The summed E-state index contributed by atoms with van der Waals surface area (Å²) in [5.74, 6) is 0.609. The standard InChI is InChI=1S/C20H20F2N6O2/c1-4-28-19(16(21)22)25-17-15(20(28)29)26(2)18(24-17)13-9-23-27(11-13)10-12-6-5-7-14(8-12)30-3/h5-9,11,16H,4,10H2,1-3H3. The molecule has 0 unspecified atom stereocenters. The van der Waals surface area contributed by atoms with Crippen LogP contribution in [0.1, 0.15) is 24.7 Å². The van der Waals surface area contributed by atoms with Gasteiger partial charge in [0, 0.05) is 19.8 Å². The van der Waals surface area contributed by atoms with Crippen LogP contribution in [-0.4, -0.2) is 36.0 Å². The highest BCUT2D eigenvalue weighted by molar-refractivity contribution is 5.76. The Morgan fingerprint density at radius 1 is 1.23 bits per heavy atom. The van der Waals surface area contributed by atoms with E-state index in [4.69, 9.17) is 4.74 Å². The highest BCUT2D eigenvalue weighted by Gasteiger charge is 2.22. The highest BCUT2D eigenvalue weighted by atomic mass is 19.3. The molecule has 0 N–H and O–H groups in total. The van der Waals surface area contributed by atoms with Crippen LogP contribution in [0.4, 0.5) is 8.78 Å². The Kier molecular flexibility index (Phi) is 5.06. The van der Waals surface area contributed by atoms with Crippen LogP contribution in [-0.2, 0) is 20.1 Å². The number of fused-ring (bicyclic) bond motifs is 1. The van der Waals surface area contributed by atoms with Gasteiger partial charge in [0.2, 0.25) is 0 Å². The lowest BCUT2D eigenvalue weighted by molar-refractivity contribution is 0.133. The summed E-state index contributed by atoms with van der Waals surface area (Å²) in [6.07, 6.45) is 0.541. The second kappa shape index (κ2) is 7.69. The topological polar surface area (TPSA) is 79.8 Å². The number of aryl methyl sites for hydroxylation is 1. The number of hydrogen-bond donors (Lipinski definition) is 0. The molecule has 3 heterocycles. The van der Waals surface area contributed by atoms with Crippen molar-refractivity contribution < 1.29 is 13.5 Å². The molecule has 0 radical (unpaired) electrons. The number of imidazole rings is 1. The van der Waals surface area contributed by atoms with Crippen LogP contribution in [0.25, 0.3) is 22.6 Å². The molecule has 156 valence electrons. The minimum atomic E-state index is -2.86. The van der Waals surface area contributed by atoms with Crippen molar-refractivity contribution in [3.8, 4) is 17.1 Å². The molecule has 0 atom stereocenters. The van der Waals surface area contributed by atoms with Crippen molar-refractivity contribution in [1.29, 1.82) is 0 Å². The molecule has 4 aromatic rings. The van der Waals surface area contributed by atoms with Gasteiger partial charge in [-0.3, -0.25) is 14.0 Å². The van der Waals surface area contributed by atoms with Gasteiger partial charge in [-0.25, -0.2) is 18.7 Å². The number of benzene rings is 1. The molecule has 0 amide bonds. The zero-order valence-corrected chi connectivity index (χ0v) is 16.7. The summed E-state index contributed by atoms with van der Waals surface area (Å²) in [5.41, 5.74) is 1.29. The number of aromatic nitrogens is 6. The Labute approximate surface area is 170 Å². The maximum Gasteiger partial charge on any atom is 0.295 e.